The SMILES string of the molecule is CC[C@H](C)NC(=O)c1cc(Cl)cc(F)n1. The van der Waals surface area contributed by atoms with Crippen LogP contribution in [0.4, 0.5) is 4.39 Å². The van der Waals surface area contributed by atoms with Gasteiger partial charge >= 0.3 is 0 Å². The van der Waals surface area contributed by atoms with Crippen LogP contribution in [0.25, 0.3) is 0 Å². The van der Waals surface area contributed by atoms with E-state index in [1.165, 1.54) is 6.07 Å². The van der Waals surface area contributed by atoms with E-state index in [1.807, 2.05) is 13.8 Å². The topological polar surface area (TPSA) is 42.0 Å². The molecule has 0 aromatic carbocycles. The van der Waals surface area contributed by atoms with Crippen molar-refractivity contribution in [2.24, 2.45) is 0 Å². The van der Waals surface area contributed by atoms with Gasteiger partial charge in [-0.25, -0.2) is 4.98 Å². The predicted octanol–water partition coefficient (Wildman–Crippen LogP) is 2.40. The summed E-state index contributed by atoms with van der Waals surface area (Å²) >= 11 is 5.60. The minimum Gasteiger partial charge on any atom is -0.348 e. The normalized spacial score (nSPS) is 12.3. The van der Waals surface area contributed by atoms with Gasteiger partial charge in [0, 0.05) is 17.1 Å². The maximum Gasteiger partial charge on any atom is 0.270 e. The van der Waals surface area contributed by atoms with Gasteiger partial charge in [0.25, 0.3) is 5.91 Å². The molecule has 0 aliphatic rings. The van der Waals surface area contributed by atoms with Gasteiger partial charge in [0.1, 0.15) is 5.69 Å². The minimum atomic E-state index is -0.753. The van der Waals surface area contributed by atoms with E-state index in [9.17, 15) is 9.18 Å². The molecule has 1 aromatic heterocycles. The second-order valence-electron chi connectivity index (χ2n) is 3.28. The van der Waals surface area contributed by atoms with Crippen LogP contribution in [0.3, 0.4) is 0 Å². The first-order valence-corrected chi connectivity index (χ1v) is 5.04. The molecule has 1 heterocycles. The summed E-state index contributed by atoms with van der Waals surface area (Å²) in [6, 6.07) is 2.42. The fourth-order valence-electron chi connectivity index (χ4n) is 0.982. The molecule has 0 saturated heterocycles. The van der Waals surface area contributed by atoms with Crippen molar-refractivity contribution in [3.63, 3.8) is 0 Å². The Bertz CT molecular complexity index is 350. The zero-order chi connectivity index (χ0) is 11.4. The van der Waals surface area contributed by atoms with Crippen molar-refractivity contribution in [1.29, 1.82) is 0 Å². The highest BCUT2D eigenvalue weighted by atomic mass is 35.5. The highest BCUT2D eigenvalue weighted by Gasteiger charge is 2.11. The van der Waals surface area contributed by atoms with Crippen molar-refractivity contribution in [2.45, 2.75) is 26.3 Å². The van der Waals surface area contributed by atoms with E-state index in [2.05, 4.69) is 10.3 Å². The van der Waals surface area contributed by atoms with Gasteiger partial charge in [-0.2, -0.15) is 4.39 Å². The molecule has 0 aliphatic heterocycles. The highest BCUT2D eigenvalue weighted by Crippen LogP contribution is 2.11. The number of aromatic nitrogens is 1. The Labute approximate surface area is 92.7 Å². The molecule has 1 aromatic rings. The van der Waals surface area contributed by atoms with Gasteiger partial charge in [0.2, 0.25) is 5.95 Å². The molecule has 0 radical (unpaired) electrons. The molecule has 5 heteroatoms. The first kappa shape index (κ1) is 11.9. The Balaban J connectivity index is 2.82. The van der Waals surface area contributed by atoms with Crippen LogP contribution in [0.15, 0.2) is 12.1 Å². The van der Waals surface area contributed by atoms with E-state index in [0.29, 0.717) is 0 Å². The van der Waals surface area contributed by atoms with Gasteiger partial charge in [0.05, 0.1) is 0 Å². The first-order chi connectivity index (χ1) is 7.02. The second kappa shape index (κ2) is 5.07. The maximum absolute atomic E-state index is 12.8. The third-order valence-corrected chi connectivity index (χ3v) is 2.20. The lowest BCUT2D eigenvalue weighted by Gasteiger charge is -2.10. The van der Waals surface area contributed by atoms with Gasteiger partial charge in [-0.1, -0.05) is 18.5 Å². The van der Waals surface area contributed by atoms with Crippen molar-refractivity contribution < 1.29 is 9.18 Å². The van der Waals surface area contributed by atoms with E-state index in [1.54, 1.807) is 0 Å². The van der Waals surface area contributed by atoms with Crippen LogP contribution in [0.2, 0.25) is 5.02 Å². The molecule has 1 amide bonds. The zero-order valence-electron chi connectivity index (χ0n) is 8.55. The molecule has 0 unspecified atom stereocenters. The number of nitrogens with one attached hydrogen (secondary N) is 1. The van der Waals surface area contributed by atoms with Gasteiger partial charge in [-0.05, 0) is 19.4 Å². The molecular weight excluding hydrogens is 219 g/mol. The van der Waals surface area contributed by atoms with Gasteiger partial charge < -0.3 is 5.32 Å². The van der Waals surface area contributed by atoms with Crippen LogP contribution in [0.1, 0.15) is 30.8 Å². The van der Waals surface area contributed by atoms with Crippen LogP contribution in [-0.2, 0) is 0 Å². The fraction of sp³-hybridized carbons (Fsp3) is 0.400. The smallest absolute Gasteiger partial charge is 0.270 e. The Morgan fingerprint density at radius 2 is 2.33 bits per heavy atom. The molecule has 0 bridgehead atoms. The maximum atomic E-state index is 12.8. The van der Waals surface area contributed by atoms with Gasteiger partial charge in [-0.3, -0.25) is 4.79 Å². The molecule has 82 valence electrons. The van der Waals surface area contributed by atoms with E-state index in [-0.39, 0.29) is 16.8 Å². The summed E-state index contributed by atoms with van der Waals surface area (Å²) in [5.41, 5.74) is 0.000278. The van der Waals surface area contributed by atoms with Crippen LogP contribution in [0.5, 0.6) is 0 Å². The fourth-order valence-corrected chi connectivity index (χ4v) is 1.18. The molecule has 3 nitrogen and oxygen atoms in total. The summed E-state index contributed by atoms with van der Waals surface area (Å²) in [6.45, 7) is 3.80. The molecular formula is C10H12ClFN2O. The van der Waals surface area contributed by atoms with Crippen LogP contribution < -0.4 is 5.32 Å². The predicted molar refractivity (Wildman–Crippen MR) is 56.4 cm³/mol. The lowest BCUT2D eigenvalue weighted by molar-refractivity contribution is 0.0933. The van der Waals surface area contributed by atoms with Gasteiger partial charge in [0.15, 0.2) is 0 Å². The van der Waals surface area contributed by atoms with E-state index >= 15 is 0 Å². The Hall–Kier alpha value is -1.16. The Morgan fingerprint density at radius 3 is 2.87 bits per heavy atom. The number of rotatable bonds is 3. The summed E-state index contributed by atoms with van der Waals surface area (Å²) < 4.78 is 12.8. The molecule has 15 heavy (non-hydrogen) atoms. The molecule has 0 aliphatic carbocycles. The van der Waals surface area contributed by atoms with Crippen molar-refractivity contribution >= 4 is 17.5 Å². The van der Waals surface area contributed by atoms with Crippen LogP contribution in [0, 0.1) is 5.95 Å². The van der Waals surface area contributed by atoms with Crippen LogP contribution in [-0.4, -0.2) is 16.9 Å². The van der Waals surface area contributed by atoms with E-state index in [0.717, 1.165) is 12.5 Å². The van der Waals surface area contributed by atoms with Crippen molar-refractivity contribution in [1.82, 2.24) is 10.3 Å². The van der Waals surface area contributed by atoms with Crippen molar-refractivity contribution in [2.75, 3.05) is 0 Å². The average molecular weight is 231 g/mol. The Kier molecular flexibility index (Phi) is 4.03. The molecule has 0 fully saturated rings. The number of hydrogen-bond donors (Lipinski definition) is 1. The van der Waals surface area contributed by atoms with E-state index in [4.69, 9.17) is 11.6 Å². The third-order valence-electron chi connectivity index (χ3n) is 1.98. The van der Waals surface area contributed by atoms with E-state index < -0.39 is 11.9 Å². The number of carbonyl (C=O) groups is 1. The molecule has 0 saturated carbocycles. The number of pyridine rings is 1. The number of nitrogens with zero attached hydrogens (tertiary/aromatic N) is 1. The minimum absolute atomic E-state index is 0.000278. The number of amides is 1. The summed E-state index contributed by atoms with van der Waals surface area (Å²) in [6.07, 6.45) is 0.800. The third kappa shape index (κ3) is 3.47. The lowest BCUT2D eigenvalue weighted by Crippen LogP contribution is -2.32. The zero-order valence-corrected chi connectivity index (χ0v) is 9.31. The summed E-state index contributed by atoms with van der Waals surface area (Å²) in [5.74, 6) is -1.16. The molecule has 1 rings (SSSR count). The molecule has 0 spiro atoms. The number of halogens is 2. The van der Waals surface area contributed by atoms with Crippen molar-refractivity contribution in [3.8, 4) is 0 Å². The largest absolute Gasteiger partial charge is 0.348 e. The monoisotopic (exact) mass is 230 g/mol. The second-order valence-corrected chi connectivity index (χ2v) is 3.71. The van der Waals surface area contributed by atoms with Crippen molar-refractivity contribution in [3.05, 3.63) is 28.8 Å². The first-order valence-electron chi connectivity index (χ1n) is 4.67. The standard InChI is InChI=1S/C10H12ClFN2O/c1-3-6(2)13-10(15)8-4-7(11)5-9(12)14-8/h4-6H,3H2,1-2H3,(H,13,15)/t6-/m0/s1. The summed E-state index contributed by atoms with van der Waals surface area (Å²) in [7, 11) is 0. The molecule has 1 N–H and O–H groups in total. The van der Waals surface area contributed by atoms with Gasteiger partial charge in [-0.15, -0.1) is 0 Å². The quantitative estimate of drug-likeness (QED) is 0.811. The summed E-state index contributed by atoms with van der Waals surface area (Å²) in [4.78, 5) is 15.0. The number of carbonyl (C=O) groups excluding carboxylic acids is 1. The average Bonchev–Trinajstić information content (AvgIpc) is 2.16. The van der Waals surface area contributed by atoms with Crippen LogP contribution >= 0.6 is 11.6 Å². The lowest BCUT2D eigenvalue weighted by atomic mass is 10.2. The molecule has 1 atom stereocenters. The summed E-state index contributed by atoms with van der Waals surface area (Å²) in [5, 5.41) is 2.84. The Morgan fingerprint density at radius 1 is 1.67 bits per heavy atom. The number of hydrogen-bond acceptors (Lipinski definition) is 2. The highest BCUT2D eigenvalue weighted by molar-refractivity contribution is 6.30.